The molecule has 0 saturated carbocycles. The molecule has 106 valence electrons. The van der Waals surface area contributed by atoms with Crippen LogP contribution in [0.1, 0.15) is 30.5 Å². The van der Waals surface area contributed by atoms with Gasteiger partial charge in [0.15, 0.2) is 0 Å². The molecule has 0 spiro atoms. The third-order valence-corrected chi connectivity index (χ3v) is 3.74. The number of halogens is 3. The molecule has 5 heteroatoms. The second-order valence-electron chi connectivity index (χ2n) is 5.23. The third kappa shape index (κ3) is 3.09. The lowest BCUT2D eigenvalue weighted by Crippen LogP contribution is -2.33. The van der Waals surface area contributed by atoms with Crippen molar-refractivity contribution in [2.24, 2.45) is 11.7 Å². The van der Waals surface area contributed by atoms with Crippen molar-refractivity contribution < 1.29 is 13.2 Å². The molecule has 1 aliphatic rings. The average molecular weight is 272 g/mol. The number of rotatable bonds is 3. The first kappa shape index (κ1) is 14.3. The molecule has 0 aromatic heterocycles. The summed E-state index contributed by atoms with van der Waals surface area (Å²) in [7, 11) is 0. The highest BCUT2D eigenvalue weighted by Gasteiger charge is 2.36. The standard InChI is InChI=1S/C14H19F3N2/c1-10-6-7-19(9-10)13(8-18)11-4-2-3-5-12(11)14(15,16)17/h2-5,10,13H,6-9,18H2,1H3. The fourth-order valence-corrected chi connectivity index (χ4v) is 2.77. The second-order valence-corrected chi connectivity index (χ2v) is 5.23. The van der Waals surface area contributed by atoms with Crippen LogP contribution in [0.2, 0.25) is 0 Å². The molecule has 2 unspecified atom stereocenters. The van der Waals surface area contributed by atoms with E-state index < -0.39 is 11.7 Å². The summed E-state index contributed by atoms with van der Waals surface area (Å²) in [5, 5.41) is 0. The molecule has 1 aromatic rings. The van der Waals surface area contributed by atoms with Crippen molar-refractivity contribution in [1.82, 2.24) is 4.90 Å². The summed E-state index contributed by atoms with van der Waals surface area (Å²) in [6, 6.07) is 5.41. The summed E-state index contributed by atoms with van der Waals surface area (Å²) in [5.41, 5.74) is 5.47. The van der Waals surface area contributed by atoms with Gasteiger partial charge in [0.25, 0.3) is 0 Å². The smallest absolute Gasteiger partial charge is 0.329 e. The summed E-state index contributed by atoms with van der Waals surface area (Å²) in [4.78, 5) is 2.06. The largest absolute Gasteiger partial charge is 0.416 e. The van der Waals surface area contributed by atoms with E-state index in [0.29, 0.717) is 11.5 Å². The number of likely N-dealkylation sites (tertiary alicyclic amines) is 1. The van der Waals surface area contributed by atoms with Gasteiger partial charge in [0.1, 0.15) is 0 Å². The molecule has 1 fully saturated rings. The van der Waals surface area contributed by atoms with Crippen molar-refractivity contribution in [1.29, 1.82) is 0 Å². The van der Waals surface area contributed by atoms with Gasteiger partial charge >= 0.3 is 6.18 Å². The van der Waals surface area contributed by atoms with E-state index in [2.05, 4.69) is 11.8 Å². The Labute approximate surface area is 111 Å². The van der Waals surface area contributed by atoms with E-state index in [9.17, 15) is 13.2 Å². The molecule has 0 amide bonds. The van der Waals surface area contributed by atoms with Crippen LogP contribution in [-0.4, -0.2) is 24.5 Å². The highest BCUT2D eigenvalue weighted by atomic mass is 19.4. The highest BCUT2D eigenvalue weighted by Crippen LogP contribution is 2.37. The van der Waals surface area contributed by atoms with E-state index in [4.69, 9.17) is 5.73 Å². The van der Waals surface area contributed by atoms with E-state index in [1.54, 1.807) is 12.1 Å². The maximum Gasteiger partial charge on any atom is 0.416 e. The molecular formula is C14H19F3N2. The van der Waals surface area contributed by atoms with Crippen molar-refractivity contribution in [3.63, 3.8) is 0 Å². The molecule has 2 N–H and O–H groups in total. The van der Waals surface area contributed by atoms with E-state index in [-0.39, 0.29) is 12.6 Å². The molecule has 2 atom stereocenters. The predicted octanol–water partition coefficient (Wildman–Crippen LogP) is 3.05. The summed E-state index contributed by atoms with van der Waals surface area (Å²) >= 11 is 0. The van der Waals surface area contributed by atoms with Gasteiger partial charge < -0.3 is 5.73 Å². The van der Waals surface area contributed by atoms with Crippen molar-refractivity contribution in [3.05, 3.63) is 35.4 Å². The van der Waals surface area contributed by atoms with Crippen LogP contribution >= 0.6 is 0 Å². The number of benzene rings is 1. The van der Waals surface area contributed by atoms with Gasteiger partial charge in [-0.1, -0.05) is 25.1 Å². The second kappa shape index (κ2) is 5.51. The van der Waals surface area contributed by atoms with Gasteiger partial charge in [-0.3, -0.25) is 4.90 Å². The maximum atomic E-state index is 13.0. The Morgan fingerprint density at radius 3 is 2.58 bits per heavy atom. The predicted molar refractivity (Wildman–Crippen MR) is 68.6 cm³/mol. The van der Waals surface area contributed by atoms with E-state index in [0.717, 1.165) is 25.6 Å². The van der Waals surface area contributed by atoms with Gasteiger partial charge in [-0.05, 0) is 30.5 Å². The summed E-state index contributed by atoms with van der Waals surface area (Å²) in [6.45, 7) is 3.95. The number of hydrogen-bond acceptors (Lipinski definition) is 2. The van der Waals surface area contributed by atoms with Crippen molar-refractivity contribution in [3.8, 4) is 0 Å². The molecular weight excluding hydrogens is 253 g/mol. The van der Waals surface area contributed by atoms with Gasteiger partial charge in [-0.25, -0.2) is 0 Å². The Morgan fingerprint density at radius 2 is 2.05 bits per heavy atom. The summed E-state index contributed by atoms with van der Waals surface area (Å²) in [6.07, 6.45) is -3.31. The van der Waals surface area contributed by atoms with Crippen LogP contribution in [0, 0.1) is 5.92 Å². The molecule has 2 nitrogen and oxygen atoms in total. The lowest BCUT2D eigenvalue weighted by molar-refractivity contribution is -0.138. The van der Waals surface area contributed by atoms with Crippen LogP contribution in [0.4, 0.5) is 13.2 Å². The van der Waals surface area contributed by atoms with E-state index >= 15 is 0 Å². The lowest BCUT2D eigenvalue weighted by atomic mass is 9.98. The fraction of sp³-hybridized carbons (Fsp3) is 0.571. The Morgan fingerprint density at radius 1 is 1.37 bits per heavy atom. The first-order chi connectivity index (χ1) is 8.93. The highest BCUT2D eigenvalue weighted by molar-refractivity contribution is 5.33. The molecule has 0 bridgehead atoms. The van der Waals surface area contributed by atoms with E-state index in [1.165, 1.54) is 6.07 Å². The minimum Gasteiger partial charge on any atom is -0.329 e. The molecule has 0 aliphatic carbocycles. The van der Waals surface area contributed by atoms with Crippen molar-refractivity contribution in [2.75, 3.05) is 19.6 Å². The lowest BCUT2D eigenvalue weighted by Gasteiger charge is -2.29. The molecule has 1 aliphatic heterocycles. The van der Waals surface area contributed by atoms with Gasteiger partial charge in [-0.15, -0.1) is 0 Å². The Bertz CT molecular complexity index is 431. The molecule has 19 heavy (non-hydrogen) atoms. The van der Waals surface area contributed by atoms with Gasteiger partial charge in [0, 0.05) is 19.1 Å². The first-order valence-corrected chi connectivity index (χ1v) is 6.53. The zero-order valence-corrected chi connectivity index (χ0v) is 11.0. The zero-order valence-electron chi connectivity index (χ0n) is 11.0. The van der Waals surface area contributed by atoms with Crippen LogP contribution in [0.25, 0.3) is 0 Å². The Kier molecular flexibility index (Phi) is 4.16. The van der Waals surface area contributed by atoms with Crippen LogP contribution < -0.4 is 5.73 Å². The molecule has 0 radical (unpaired) electrons. The first-order valence-electron chi connectivity index (χ1n) is 6.53. The molecule has 1 aromatic carbocycles. The van der Waals surface area contributed by atoms with Crippen molar-refractivity contribution >= 4 is 0 Å². The molecule has 1 saturated heterocycles. The number of hydrogen-bond donors (Lipinski definition) is 1. The third-order valence-electron chi connectivity index (χ3n) is 3.74. The van der Waals surface area contributed by atoms with Crippen LogP contribution in [-0.2, 0) is 6.18 Å². The minimum absolute atomic E-state index is 0.208. The van der Waals surface area contributed by atoms with Gasteiger partial charge in [-0.2, -0.15) is 13.2 Å². The quantitative estimate of drug-likeness (QED) is 0.916. The number of alkyl halides is 3. The maximum absolute atomic E-state index is 13.0. The average Bonchev–Trinajstić information content (AvgIpc) is 2.76. The van der Waals surface area contributed by atoms with Crippen molar-refractivity contribution in [2.45, 2.75) is 25.6 Å². The Balaban J connectivity index is 2.33. The monoisotopic (exact) mass is 272 g/mol. The van der Waals surface area contributed by atoms with Crippen LogP contribution in [0.3, 0.4) is 0 Å². The molecule has 2 rings (SSSR count). The minimum atomic E-state index is -4.32. The van der Waals surface area contributed by atoms with Crippen LogP contribution in [0.15, 0.2) is 24.3 Å². The van der Waals surface area contributed by atoms with Crippen LogP contribution in [0.5, 0.6) is 0 Å². The normalized spacial score (nSPS) is 22.7. The SMILES string of the molecule is CC1CCN(C(CN)c2ccccc2C(F)(F)F)C1. The summed E-state index contributed by atoms with van der Waals surface area (Å²) < 4.78 is 39.1. The Hall–Kier alpha value is -1.07. The fourth-order valence-electron chi connectivity index (χ4n) is 2.77. The van der Waals surface area contributed by atoms with E-state index in [1.807, 2.05) is 0 Å². The zero-order chi connectivity index (χ0) is 14.0. The summed E-state index contributed by atoms with van der Waals surface area (Å²) in [5.74, 6) is 0.520. The topological polar surface area (TPSA) is 29.3 Å². The molecule has 1 heterocycles. The van der Waals surface area contributed by atoms with Gasteiger partial charge in [0.05, 0.1) is 5.56 Å². The number of nitrogens with two attached hydrogens (primary N) is 1. The van der Waals surface area contributed by atoms with Gasteiger partial charge in [0.2, 0.25) is 0 Å². The number of nitrogens with zero attached hydrogens (tertiary/aromatic N) is 1.